The van der Waals surface area contributed by atoms with Gasteiger partial charge in [0.2, 0.25) is 11.8 Å². The molecule has 152 valence electrons. The quantitative estimate of drug-likeness (QED) is 0.683. The van der Waals surface area contributed by atoms with E-state index >= 15 is 0 Å². The maximum absolute atomic E-state index is 12.8. The van der Waals surface area contributed by atoms with E-state index < -0.39 is 6.10 Å². The highest BCUT2D eigenvalue weighted by atomic mass is 16.3. The predicted octanol–water partition coefficient (Wildman–Crippen LogP) is 0.118. The molecule has 1 aromatic carbocycles. The highest BCUT2D eigenvalue weighted by molar-refractivity contribution is 5.79. The maximum Gasteiger partial charge on any atom is 0.236 e. The van der Waals surface area contributed by atoms with Crippen molar-refractivity contribution < 1.29 is 14.7 Å². The smallest absolute Gasteiger partial charge is 0.236 e. The van der Waals surface area contributed by atoms with E-state index in [0.29, 0.717) is 19.6 Å². The van der Waals surface area contributed by atoms with E-state index in [0.717, 1.165) is 49.9 Å². The lowest BCUT2D eigenvalue weighted by Crippen LogP contribution is -2.52. The molecule has 0 aromatic heterocycles. The fourth-order valence-corrected chi connectivity index (χ4v) is 5.30. The standard InChI is InChI=1S/C21H30N4O3/c22-18-15-3-1-2-4-16(15)21(19(18)27)7-11-25(12-8-21)17(26)13-24-9-5-14(6-10-24)20(23)28/h1-4,14,18-19,27H,5-13,22H2,(H2,23,28)/t18-,19+/m1/s1. The van der Waals surface area contributed by atoms with Crippen LogP contribution in [0.3, 0.4) is 0 Å². The van der Waals surface area contributed by atoms with Crippen LogP contribution in [0.4, 0.5) is 0 Å². The summed E-state index contributed by atoms with van der Waals surface area (Å²) in [7, 11) is 0. The third-order valence-corrected chi connectivity index (χ3v) is 7.12. The SMILES string of the molecule is NC(=O)C1CCN(CC(=O)N2CCC3(CC2)c2ccccc2[C@@H](N)[C@@H]3O)CC1. The minimum atomic E-state index is -0.602. The van der Waals surface area contributed by atoms with Gasteiger partial charge in [-0.05, 0) is 49.9 Å². The van der Waals surface area contributed by atoms with Crippen LogP contribution in [0.15, 0.2) is 24.3 Å². The van der Waals surface area contributed by atoms with Crippen LogP contribution in [0.1, 0.15) is 42.9 Å². The number of aliphatic hydroxyl groups excluding tert-OH is 1. The molecular formula is C21H30N4O3. The second-order valence-corrected chi connectivity index (χ2v) is 8.55. The Kier molecular flexibility index (Phi) is 5.16. The molecule has 0 bridgehead atoms. The zero-order valence-electron chi connectivity index (χ0n) is 16.2. The van der Waals surface area contributed by atoms with E-state index in [4.69, 9.17) is 11.5 Å². The Balaban J connectivity index is 1.36. The van der Waals surface area contributed by atoms with E-state index in [9.17, 15) is 14.7 Å². The molecule has 2 fully saturated rings. The Bertz CT molecular complexity index is 752. The van der Waals surface area contributed by atoms with Crippen molar-refractivity contribution >= 4 is 11.8 Å². The molecule has 1 aromatic rings. The Morgan fingerprint density at radius 1 is 1.11 bits per heavy atom. The van der Waals surface area contributed by atoms with Crippen molar-refractivity contribution in [2.45, 2.75) is 43.2 Å². The second kappa shape index (κ2) is 7.46. The number of rotatable bonds is 3. The minimum Gasteiger partial charge on any atom is -0.390 e. The number of piperidine rings is 2. The third-order valence-electron chi connectivity index (χ3n) is 7.12. The largest absolute Gasteiger partial charge is 0.390 e. The average Bonchev–Trinajstić information content (AvgIpc) is 2.91. The molecule has 7 nitrogen and oxygen atoms in total. The number of carbonyl (C=O) groups is 2. The van der Waals surface area contributed by atoms with Gasteiger partial charge in [0.05, 0.1) is 18.7 Å². The van der Waals surface area contributed by atoms with Gasteiger partial charge in [-0.2, -0.15) is 0 Å². The van der Waals surface area contributed by atoms with Crippen molar-refractivity contribution in [1.29, 1.82) is 0 Å². The Labute approximate surface area is 165 Å². The van der Waals surface area contributed by atoms with E-state index in [1.54, 1.807) is 0 Å². The molecule has 0 saturated carbocycles. The highest BCUT2D eigenvalue weighted by Gasteiger charge is 2.51. The van der Waals surface area contributed by atoms with Gasteiger partial charge in [0, 0.05) is 24.4 Å². The van der Waals surface area contributed by atoms with Gasteiger partial charge in [-0.15, -0.1) is 0 Å². The van der Waals surface area contributed by atoms with Crippen molar-refractivity contribution in [2.75, 3.05) is 32.7 Å². The summed E-state index contributed by atoms with van der Waals surface area (Å²) in [5.41, 5.74) is 13.5. The van der Waals surface area contributed by atoms with Crippen LogP contribution in [-0.2, 0) is 15.0 Å². The van der Waals surface area contributed by atoms with Gasteiger partial charge in [0.15, 0.2) is 0 Å². The number of carbonyl (C=O) groups excluding carboxylic acids is 2. The molecule has 4 rings (SSSR count). The zero-order valence-corrected chi connectivity index (χ0v) is 16.2. The van der Waals surface area contributed by atoms with E-state index in [2.05, 4.69) is 11.0 Å². The van der Waals surface area contributed by atoms with Crippen LogP contribution < -0.4 is 11.5 Å². The molecule has 7 heteroatoms. The van der Waals surface area contributed by atoms with Crippen molar-refractivity contribution in [3.8, 4) is 0 Å². The first-order valence-corrected chi connectivity index (χ1v) is 10.2. The molecule has 2 saturated heterocycles. The topological polar surface area (TPSA) is 113 Å². The van der Waals surface area contributed by atoms with Crippen LogP contribution in [0, 0.1) is 5.92 Å². The van der Waals surface area contributed by atoms with Crippen LogP contribution >= 0.6 is 0 Å². The lowest BCUT2D eigenvalue weighted by Gasteiger charge is -2.43. The molecule has 1 aliphatic carbocycles. The van der Waals surface area contributed by atoms with Crippen LogP contribution in [0.25, 0.3) is 0 Å². The molecule has 0 radical (unpaired) electrons. The summed E-state index contributed by atoms with van der Waals surface area (Å²) < 4.78 is 0. The van der Waals surface area contributed by atoms with Gasteiger partial charge in [0.25, 0.3) is 0 Å². The second-order valence-electron chi connectivity index (χ2n) is 8.55. The van der Waals surface area contributed by atoms with E-state index in [-0.39, 0.29) is 29.2 Å². The molecule has 0 unspecified atom stereocenters. The molecule has 2 aliphatic heterocycles. The van der Waals surface area contributed by atoms with Crippen LogP contribution in [0.2, 0.25) is 0 Å². The van der Waals surface area contributed by atoms with E-state index in [1.807, 2.05) is 23.1 Å². The fraction of sp³-hybridized carbons (Fsp3) is 0.619. The van der Waals surface area contributed by atoms with Gasteiger partial charge in [-0.3, -0.25) is 14.5 Å². The van der Waals surface area contributed by atoms with Gasteiger partial charge < -0.3 is 21.5 Å². The summed E-state index contributed by atoms with van der Waals surface area (Å²) in [6, 6.07) is 7.69. The predicted molar refractivity (Wildman–Crippen MR) is 105 cm³/mol. The lowest BCUT2D eigenvalue weighted by molar-refractivity contribution is -0.135. The molecule has 28 heavy (non-hydrogen) atoms. The first-order chi connectivity index (χ1) is 13.4. The van der Waals surface area contributed by atoms with Crippen LogP contribution in [0.5, 0.6) is 0 Å². The van der Waals surface area contributed by atoms with Crippen molar-refractivity contribution in [3.63, 3.8) is 0 Å². The molecule has 2 amide bonds. The maximum atomic E-state index is 12.8. The fourth-order valence-electron chi connectivity index (χ4n) is 5.30. The summed E-state index contributed by atoms with van der Waals surface area (Å²) in [4.78, 5) is 28.1. The van der Waals surface area contributed by atoms with Gasteiger partial charge in [-0.1, -0.05) is 24.3 Å². The Morgan fingerprint density at radius 2 is 1.75 bits per heavy atom. The normalized spacial score (nSPS) is 27.7. The van der Waals surface area contributed by atoms with E-state index in [1.165, 1.54) is 0 Å². The number of aliphatic hydroxyl groups is 1. The highest BCUT2D eigenvalue weighted by Crippen LogP contribution is 2.49. The summed E-state index contributed by atoms with van der Waals surface area (Å²) >= 11 is 0. The third kappa shape index (κ3) is 3.21. The number of hydrogen-bond donors (Lipinski definition) is 3. The summed E-state index contributed by atoms with van der Waals surface area (Å²) in [5.74, 6) is -0.173. The molecule has 2 heterocycles. The first kappa shape index (κ1) is 19.4. The number of nitrogens with zero attached hydrogens (tertiary/aromatic N) is 2. The molecular weight excluding hydrogens is 356 g/mol. The number of primary amides is 1. The minimum absolute atomic E-state index is 0.0608. The summed E-state index contributed by atoms with van der Waals surface area (Å²) in [6.45, 7) is 3.12. The molecule has 5 N–H and O–H groups in total. The first-order valence-electron chi connectivity index (χ1n) is 10.2. The van der Waals surface area contributed by atoms with Gasteiger partial charge in [-0.25, -0.2) is 0 Å². The van der Waals surface area contributed by atoms with Crippen molar-refractivity contribution in [2.24, 2.45) is 17.4 Å². The summed E-state index contributed by atoms with van der Waals surface area (Å²) in [5, 5.41) is 10.9. The monoisotopic (exact) mass is 386 g/mol. The van der Waals surface area contributed by atoms with Gasteiger partial charge >= 0.3 is 0 Å². The Hall–Kier alpha value is -1.96. The number of fused-ring (bicyclic) bond motifs is 2. The number of nitrogens with two attached hydrogens (primary N) is 2. The number of amides is 2. The zero-order chi connectivity index (χ0) is 19.9. The number of likely N-dealkylation sites (tertiary alicyclic amines) is 2. The number of benzene rings is 1. The molecule has 1 spiro atoms. The summed E-state index contributed by atoms with van der Waals surface area (Å²) in [6.07, 6.45) is 2.32. The Morgan fingerprint density at radius 3 is 2.39 bits per heavy atom. The number of hydrogen-bond acceptors (Lipinski definition) is 5. The average molecular weight is 386 g/mol. The van der Waals surface area contributed by atoms with Gasteiger partial charge in [0.1, 0.15) is 0 Å². The van der Waals surface area contributed by atoms with Crippen molar-refractivity contribution in [3.05, 3.63) is 35.4 Å². The lowest BCUT2D eigenvalue weighted by atomic mass is 9.72. The van der Waals surface area contributed by atoms with Crippen LogP contribution in [-0.4, -0.2) is 65.5 Å². The molecule has 2 atom stereocenters. The molecule has 3 aliphatic rings. The van der Waals surface area contributed by atoms with Crippen molar-refractivity contribution in [1.82, 2.24) is 9.80 Å².